The number of imidazole rings is 1. The van der Waals surface area contributed by atoms with Gasteiger partial charge in [-0.15, -0.1) is 5.10 Å². The van der Waals surface area contributed by atoms with Crippen LogP contribution in [0.2, 0.25) is 0 Å². The molecule has 4 aromatic rings. The SMILES string of the molecule is COc1ccc2c(c1)-c1n[nH]c[n+]1Cc1c(C3=N[C@H](c4ccccc4)CO3)ncn1-2. The smallest absolute Gasteiger partial charge is 0.311 e. The molecule has 1 atom stereocenters. The minimum Gasteiger partial charge on any atom is -0.497 e. The second-order valence-electron chi connectivity index (χ2n) is 7.29. The van der Waals surface area contributed by atoms with Crippen molar-refractivity contribution in [1.82, 2.24) is 19.7 Å². The molecule has 2 aromatic heterocycles. The zero-order chi connectivity index (χ0) is 20.1. The monoisotopic (exact) mass is 399 g/mol. The molecule has 8 nitrogen and oxygen atoms in total. The lowest BCUT2D eigenvalue weighted by molar-refractivity contribution is -0.677. The third-order valence-electron chi connectivity index (χ3n) is 5.58. The van der Waals surface area contributed by atoms with E-state index in [0.717, 1.165) is 39.8 Å². The van der Waals surface area contributed by atoms with Crippen LogP contribution < -0.4 is 9.30 Å². The summed E-state index contributed by atoms with van der Waals surface area (Å²) in [4.78, 5) is 9.51. The van der Waals surface area contributed by atoms with Crippen LogP contribution in [0.5, 0.6) is 5.75 Å². The summed E-state index contributed by atoms with van der Waals surface area (Å²) in [6.45, 7) is 1.11. The van der Waals surface area contributed by atoms with E-state index < -0.39 is 0 Å². The van der Waals surface area contributed by atoms with E-state index in [0.29, 0.717) is 19.0 Å². The molecule has 30 heavy (non-hydrogen) atoms. The predicted octanol–water partition coefficient (Wildman–Crippen LogP) is 2.44. The molecule has 0 fully saturated rings. The molecule has 148 valence electrons. The Labute approximate surface area is 172 Å². The van der Waals surface area contributed by atoms with Gasteiger partial charge in [-0.25, -0.2) is 14.5 Å². The fourth-order valence-electron chi connectivity index (χ4n) is 4.07. The summed E-state index contributed by atoms with van der Waals surface area (Å²) in [6, 6.07) is 16.1. The van der Waals surface area contributed by atoms with Gasteiger partial charge in [-0.3, -0.25) is 4.57 Å². The van der Waals surface area contributed by atoms with Crippen LogP contribution in [0.15, 0.2) is 66.2 Å². The molecule has 2 aromatic carbocycles. The van der Waals surface area contributed by atoms with E-state index in [1.165, 1.54) is 0 Å². The summed E-state index contributed by atoms with van der Waals surface area (Å²) in [6.07, 6.45) is 3.68. The van der Waals surface area contributed by atoms with Gasteiger partial charge in [0.05, 0.1) is 24.1 Å². The van der Waals surface area contributed by atoms with E-state index in [-0.39, 0.29) is 6.04 Å². The maximum Gasteiger partial charge on any atom is 0.311 e. The lowest BCUT2D eigenvalue weighted by Gasteiger charge is -2.09. The third-order valence-corrected chi connectivity index (χ3v) is 5.58. The second kappa shape index (κ2) is 6.55. The molecule has 2 aliphatic heterocycles. The molecular formula is C22H19N6O2+. The molecule has 0 unspecified atom stereocenters. The number of rotatable bonds is 3. The quantitative estimate of drug-likeness (QED) is 0.473. The summed E-state index contributed by atoms with van der Waals surface area (Å²) in [5.74, 6) is 2.21. The average molecular weight is 399 g/mol. The van der Waals surface area contributed by atoms with E-state index in [2.05, 4.69) is 36.4 Å². The molecule has 0 aliphatic carbocycles. The Hall–Kier alpha value is -3.94. The number of aliphatic imine (C=N–C) groups is 1. The van der Waals surface area contributed by atoms with Crippen molar-refractivity contribution < 1.29 is 14.0 Å². The molecule has 1 N–H and O–H groups in total. The Morgan fingerprint density at radius 3 is 2.97 bits per heavy atom. The van der Waals surface area contributed by atoms with Gasteiger partial charge in [-0.2, -0.15) is 0 Å². The summed E-state index contributed by atoms with van der Waals surface area (Å²) in [5.41, 5.74) is 4.85. The van der Waals surface area contributed by atoms with Crippen LogP contribution in [0.4, 0.5) is 0 Å². The van der Waals surface area contributed by atoms with Crippen molar-refractivity contribution in [3.8, 4) is 22.8 Å². The summed E-state index contributed by atoms with van der Waals surface area (Å²) in [7, 11) is 1.66. The van der Waals surface area contributed by atoms with Crippen molar-refractivity contribution >= 4 is 5.90 Å². The van der Waals surface area contributed by atoms with Crippen molar-refractivity contribution in [2.24, 2.45) is 4.99 Å². The van der Waals surface area contributed by atoms with Crippen LogP contribution in [0.3, 0.4) is 0 Å². The van der Waals surface area contributed by atoms with E-state index in [4.69, 9.17) is 14.5 Å². The molecular weight excluding hydrogens is 380 g/mol. The van der Waals surface area contributed by atoms with Crippen molar-refractivity contribution in [3.05, 3.63) is 78.1 Å². The first-order chi connectivity index (χ1) is 14.8. The third kappa shape index (κ3) is 2.53. The zero-order valence-corrected chi connectivity index (χ0v) is 16.3. The van der Waals surface area contributed by atoms with Gasteiger partial charge in [0, 0.05) is 5.10 Å². The van der Waals surface area contributed by atoms with Gasteiger partial charge in [0.25, 0.3) is 0 Å². The van der Waals surface area contributed by atoms with Crippen LogP contribution in [-0.2, 0) is 11.3 Å². The molecule has 0 saturated carbocycles. The highest BCUT2D eigenvalue weighted by atomic mass is 16.5. The number of nitrogens with zero attached hydrogens (tertiary/aromatic N) is 5. The number of benzene rings is 2. The molecule has 2 aliphatic rings. The van der Waals surface area contributed by atoms with Crippen LogP contribution >= 0.6 is 0 Å². The number of methoxy groups -OCH3 is 1. The van der Waals surface area contributed by atoms with Gasteiger partial charge in [-0.1, -0.05) is 30.3 Å². The van der Waals surface area contributed by atoms with Gasteiger partial charge in [-0.05, 0) is 23.8 Å². The summed E-state index contributed by atoms with van der Waals surface area (Å²) >= 11 is 0. The topological polar surface area (TPSA) is 81.2 Å². The average Bonchev–Trinajstić information content (AvgIpc) is 3.53. The van der Waals surface area contributed by atoms with Crippen LogP contribution in [0, 0.1) is 0 Å². The molecule has 0 bridgehead atoms. The standard InChI is InChI=1S/C22H18N6O2/c1-29-15-7-8-18-16(9-15)21-26-24-13-27(21)10-19-20(23-12-28(18)19)22-25-17(11-30-22)14-5-3-2-4-6-14/h2-9,12-13,17H,10-11H2,1H3/p+1/t17-/m0/s1. The summed E-state index contributed by atoms with van der Waals surface area (Å²) in [5, 5.41) is 7.43. The van der Waals surface area contributed by atoms with Gasteiger partial charge >= 0.3 is 5.82 Å². The molecule has 8 heteroatoms. The first kappa shape index (κ1) is 17.0. The maximum atomic E-state index is 5.99. The maximum absolute atomic E-state index is 5.99. The lowest BCUT2D eigenvalue weighted by Crippen LogP contribution is -2.35. The van der Waals surface area contributed by atoms with E-state index >= 15 is 0 Å². The Morgan fingerprint density at radius 2 is 2.10 bits per heavy atom. The summed E-state index contributed by atoms with van der Waals surface area (Å²) < 4.78 is 15.6. The predicted molar refractivity (Wildman–Crippen MR) is 109 cm³/mol. The molecule has 0 saturated heterocycles. The second-order valence-corrected chi connectivity index (χ2v) is 7.29. The number of hydrogen-bond acceptors (Lipinski definition) is 5. The first-order valence-electron chi connectivity index (χ1n) is 9.76. The number of nitrogens with one attached hydrogen (secondary N) is 1. The molecule has 6 rings (SSSR count). The van der Waals surface area contributed by atoms with Gasteiger partial charge in [0.15, 0.2) is 0 Å². The number of aromatic amines is 1. The fourth-order valence-corrected chi connectivity index (χ4v) is 4.07. The van der Waals surface area contributed by atoms with Crippen molar-refractivity contribution in [1.29, 1.82) is 0 Å². The lowest BCUT2D eigenvalue weighted by atomic mass is 10.1. The first-order valence-corrected chi connectivity index (χ1v) is 9.76. The Bertz CT molecular complexity index is 1270. The number of aromatic nitrogens is 5. The molecule has 4 heterocycles. The molecule has 0 spiro atoms. The van der Waals surface area contributed by atoms with Gasteiger partial charge in [0.2, 0.25) is 12.2 Å². The van der Waals surface area contributed by atoms with E-state index in [1.807, 2.05) is 49.1 Å². The van der Waals surface area contributed by atoms with Crippen LogP contribution in [0.1, 0.15) is 23.0 Å². The minimum absolute atomic E-state index is 0.0157. The number of hydrogen-bond donors (Lipinski definition) is 1. The number of ether oxygens (including phenoxy) is 2. The van der Waals surface area contributed by atoms with Gasteiger partial charge in [0.1, 0.15) is 37.0 Å². The molecule has 0 radical (unpaired) electrons. The number of fused-ring (bicyclic) bond motifs is 5. The number of H-pyrrole nitrogens is 1. The normalized spacial score (nSPS) is 16.7. The molecule has 0 amide bonds. The van der Waals surface area contributed by atoms with E-state index in [1.54, 1.807) is 7.11 Å². The highest BCUT2D eigenvalue weighted by Crippen LogP contribution is 2.32. The van der Waals surface area contributed by atoms with Crippen LogP contribution in [0.25, 0.3) is 17.1 Å². The van der Waals surface area contributed by atoms with Crippen molar-refractivity contribution in [3.63, 3.8) is 0 Å². The fraction of sp³-hybridized carbons (Fsp3) is 0.182. The highest BCUT2D eigenvalue weighted by molar-refractivity contribution is 5.94. The van der Waals surface area contributed by atoms with Crippen molar-refractivity contribution in [2.75, 3.05) is 13.7 Å². The van der Waals surface area contributed by atoms with E-state index in [9.17, 15) is 0 Å². The van der Waals surface area contributed by atoms with Gasteiger partial charge < -0.3 is 9.47 Å². The highest BCUT2D eigenvalue weighted by Gasteiger charge is 2.32. The largest absolute Gasteiger partial charge is 0.497 e. The van der Waals surface area contributed by atoms with Crippen LogP contribution in [-0.4, -0.2) is 39.4 Å². The minimum atomic E-state index is -0.0157. The Morgan fingerprint density at radius 1 is 1.20 bits per heavy atom. The zero-order valence-electron chi connectivity index (χ0n) is 16.3. The Balaban J connectivity index is 1.48. The Kier molecular flexibility index (Phi) is 3.70. The van der Waals surface area contributed by atoms with Crippen molar-refractivity contribution in [2.45, 2.75) is 12.6 Å².